The fourth-order valence-corrected chi connectivity index (χ4v) is 3.29. The third-order valence-corrected chi connectivity index (χ3v) is 5.48. The molecule has 0 aromatic rings. The van der Waals surface area contributed by atoms with Gasteiger partial charge in [0.05, 0.1) is 50.5 Å². The summed E-state index contributed by atoms with van der Waals surface area (Å²) in [4.78, 5) is 0. The molecule has 7 nitrogen and oxygen atoms in total. The second-order valence-electron chi connectivity index (χ2n) is 7.31. The molecule has 26 heavy (non-hydrogen) atoms. The molecule has 1 N–H and O–H groups in total. The van der Waals surface area contributed by atoms with Crippen molar-refractivity contribution >= 4 is 0 Å². The molecular weight excluding hydrogens is 340 g/mol. The molecule has 0 aromatic heterocycles. The Morgan fingerprint density at radius 2 is 1.12 bits per heavy atom. The van der Waals surface area contributed by atoms with E-state index in [1.165, 1.54) is 0 Å². The molecule has 0 amide bonds. The van der Waals surface area contributed by atoms with Crippen LogP contribution in [0.15, 0.2) is 0 Å². The van der Waals surface area contributed by atoms with Gasteiger partial charge in [0, 0.05) is 13.2 Å². The van der Waals surface area contributed by atoms with Crippen molar-refractivity contribution in [3.05, 3.63) is 0 Å². The first-order valence-electron chi connectivity index (χ1n) is 9.85. The van der Waals surface area contributed by atoms with Crippen molar-refractivity contribution < 1.29 is 33.5 Å². The average Bonchev–Trinajstić information content (AvgIpc) is 2.56. The minimum atomic E-state index is -0.745. The van der Waals surface area contributed by atoms with Crippen LogP contribution in [-0.4, -0.2) is 76.6 Å². The van der Waals surface area contributed by atoms with Crippen LogP contribution in [-0.2, 0) is 28.4 Å². The Morgan fingerprint density at radius 1 is 0.731 bits per heavy atom. The van der Waals surface area contributed by atoms with Crippen LogP contribution in [0.3, 0.4) is 0 Å². The molecule has 0 saturated carbocycles. The van der Waals surface area contributed by atoms with Crippen molar-refractivity contribution in [2.45, 2.75) is 59.2 Å². The predicted octanol–water partition coefficient (Wildman–Crippen LogP) is 1.96. The predicted molar refractivity (Wildman–Crippen MR) is 95.8 cm³/mol. The maximum atomic E-state index is 10.3. The van der Waals surface area contributed by atoms with E-state index < -0.39 is 6.10 Å². The third-order valence-electron chi connectivity index (χ3n) is 5.48. The van der Waals surface area contributed by atoms with Gasteiger partial charge in [-0.25, -0.2) is 0 Å². The number of hydrogen-bond acceptors (Lipinski definition) is 7. The van der Waals surface area contributed by atoms with E-state index in [1.807, 2.05) is 13.8 Å². The van der Waals surface area contributed by atoms with Gasteiger partial charge in [-0.1, -0.05) is 13.8 Å². The number of rotatable bonds is 14. The number of aliphatic hydroxyl groups excluding tert-OH is 1. The summed E-state index contributed by atoms with van der Waals surface area (Å²) in [5.74, 6) is 0. The molecule has 0 aromatic carbocycles. The summed E-state index contributed by atoms with van der Waals surface area (Å²) in [7, 11) is 0. The summed E-state index contributed by atoms with van der Waals surface area (Å²) in [5, 5.41) is 10.3. The fraction of sp³-hybridized carbons (Fsp3) is 1.00. The second-order valence-corrected chi connectivity index (χ2v) is 7.31. The Morgan fingerprint density at radius 3 is 1.35 bits per heavy atom. The molecule has 2 aliphatic heterocycles. The van der Waals surface area contributed by atoms with Crippen LogP contribution in [0.5, 0.6) is 0 Å². The highest BCUT2D eigenvalue weighted by Crippen LogP contribution is 2.38. The van der Waals surface area contributed by atoms with Crippen LogP contribution in [0.4, 0.5) is 0 Å². The van der Waals surface area contributed by atoms with Gasteiger partial charge in [-0.2, -0.15) is 0 Å². The van der Waals surface area contributed by atoms with Crippen molar-refractivity contribution in [1.29, 1.82) is 0 Å². The van der Waals surface area contributed by atoms with E-state index in [0.717, 1.165) is 12.8 Å². The van der Waals surface area contributed by atoms with Crippen LogP contribution in [0.1, 0.15) is 40.5 Å². The zero-order valence-electron chi connectivity index (χ0n) is 16.7. The number of hydrogen-bond donors (Lipinski definition) is 1. The lowest BCUT2D eigenvalue weighted by atomic mass is 9.82. The molecule has 2 saturated heterocycles. The summed E-state index contributed by atoms with van der Waals surface area (Å²) in [6.07, 6.45) is 0.340. The van der Waals surface area contributed by atoms with Gasteiger partial charge < -0.3 is 33.5 Å². The lowest BCUT2D eigenvalue weighted by Crippen LogP contribution is -2.54. The van der Waals surface area contributed by atoms with E-state index in [2.05, 4.69) is 13.8 Å². The van der Waals surface area contributed by atoms with Gasteiger partial charge in [-0.3, -0.25) is 0 Å². The molecule has 2 aliphatic rings. The average molecular weight is 376 g/mol. The fourth-order valence-electron chi connectivity index (χ4n) is 3.29. The van der Waals surface area contributed by atoms with E-state index in [9.17, 15) is 5.11 Å². The van der Waals surface area contributed by atoms with Gasteiger partial charge in [-0.15, -0.1) is 0 Å². The Labute approximate surface area is 157 Å². The zero-order valence-corrected chi connectivity index (χ0v) is 16.7. The van der Waals surface area contributed by atoms with E-state index in [1.54, 1.807) is 0 Å². The maximum Gasteiger partial charge on any atom is 0.167 e. The summed E-state index contributed by atoms with van der Waals surface area (Å²) < 4.78 is 34.0. The highest BCUT2D eigenvalue weighted by Gasteiger charge is 2.47. The number of aliphatic hydroxyl groups is 1. The Bertz CT molecular complexity index is 348. The van der Waals surface area contributed by atoms with Crippen molar-refractivity contribution in [1.82, 2.24) is 0 Å². The van der Waals surface area contributed by atoms with Crippen LogP contribution in [0.25, 0.3) is 0 Å². The first-order chi connectivity index (χ1) is 12.6. The lowest BCUT2D eigenvalue weighted by Gasteiger charge is -2.46. The standard InChI is InChI=1S/C19H36O7/c1-5-18(11-21-12-18)16(23-7-3)25-9-15(20)10-26-17(24-8-4)19(6-2)13-22-14-19/h15-17,20H,5-14H2,1-4H3. The Balaban J connectivity index is 1.80. The lowest BCUT2D eigenvalue weighted by molar-refractivity contribution is -0.295. The molecule has 0 bridgehead atoms. The minimum absolute atomic E-state index is 0.111. The topological polar surface area (TPSA) is 75.6 Å². The molecule has 154 valence electrons. The minimum Gasteiger partial charge on any atom is -0.388 e. The van der Waals surface area contributed by atoms with Gasteiger partial charge in [0.1, 0.15) is 6.10 Å². The summed E-state index contributed by atoms with van der Waals surface area (Å²) in [6.45, 7) is 12.0. The normalized spacial score (nSPS) is 24.3. The highest BCUT2D eigenvalue weighted by molar-refractivity contribution is 4.89. The quantitative estimate of drug-likeness (QED) is 0.465. The van der Waals surface area contributed by atoms with Gasteiger partial charge in [-0.05, 0) is 26.7 Å². The molecule has 0 radical (unpaired) electrons. The molecule has 2 unspecified atom stereocenters. The van der Waals surface area contributed by atoms with Crippen LogP contribution < -0.4 is 0 Å². The van der Waals surface area contributed by atoms with E-state index >= 15 is 0 Å². The highest BCUT2D eigenvalue weighted by atomic mass is 16.7. The molecule has 0 aliphatic carbocycles. The molecule has 2 fully saturated rings. The van der Waals surface area contributed by atoms with E-state index in [0.29, 0.717) is 39.6 Å². The van der Waals surface area contributed by atoms with Crippen LogP contribution in [0.2, 0.25) is 0 Å². The van der Waals surface area contributed by atoms with Crippen molar-refractivity contribution in [2.75, 3.05) is 52.9 Å². The SMILES string of the molecule is CCOC(OCC(O)COC(OCC)C1(CC)COC1)C1(CC)COC1. The van der Waals surface area contributed by atoms with Gasteiger partial charge in [0.25, 0.3) is 0 Å². The van der Waals surface area contributed by atoms with Crippen LogP contribution >= 0.6 is 0 Å². The van der Waals surface area contributed by atoms with Gasteiger partial charge >= 0.3 is 0 Å². The van der Waals surface area contributed by atoms with Crippen molar-refractivity contribution in [3.63, 3.8) is 0 Å². The third kappa shape index (κ3) is 4.95. The second kappa shape index (κ2) is 10.3. The smallest absolute Gasteiger partial charge is 0.167 e. The van der Waals surface area contributed by atoms with E-state index in [-0.39, 0.29) is 36.6 Å². The first-order valence-corrected chi connectivity index (χ1v) is 9.85. The van der Waals surface area contributed by atoms with Crippen LogP contribution in [0, 0.1) is 10.8 Å². The molecular formula is C19H36O7. The summed E-state index contributed by atoms with van der Waals surface area (Å²) in [5.41, 5.74) is -0.222. The summed E-state index contributed by atoms with van der Waals surface area (Å²) in [6, 6.07) is 0. The molecule has 0 spiro atoms. The van der Waals surface area contributed by atoms with Gasteiger partial charge in [0.2, 0.25) is 0 Å². The first kappa shape index (κ1) is 22.0. The number of ether oxygens (including phenoxy) is 6. The Hall–Kier alpha value is -0.280. The maximum absolute atomic E-state index is 10.3. The molecule has 7 heteroatoms. The Kier molecular flexibility index (Phi) is 8.73. The molecule has 2 atom stereocenters. The zero-order chi connectivity index (χ0) is 19.0. The molecule has 2 heterocycles. The largest absolute Gasteiger partial charge is 0.388 e. The van der Waals surface area contributed by atoms with Gasteiger partial charge in [0.15, 0.2) is 12.6 Å². The van der Waals surface area contributed by atoms with Crippen molar-refractivity contribution in [2.24, 2.45) is 10.8 Å². The van der Waals surface area contributed by atoms with E-state index in [4.69, 9.17) is 28.4 Å². The molecule has 2 rings (SSSR count). The monoisotopic (exact) mass is 376 g/mol. The summed E-state index contributed by atoms with van der Waals surface area (Å²) >= 11 is 0. The van der Waals surface area contributed by atoms with Crippen molar-refractivity contribution in [3.8, 4) is 0 Å².